The fraction of sp³-hybridized carbons (Fsp3) is 0.136. The topological polar surface area (TPSA) is 81.2 Å². The molecule has 0 atom stereocenters. The van der Waals surface area contributed by atoms with Gasteiger partial charge in [-0.15, -0.1) is 0 Å². The van der Waals surface area contributed by atoms with Crippen molar-refractivity contribution >= 4 is 20.7 Å². The summed E-state index contributed by atoms with van der Waals surface area (Å²) >= 11 is 0. The molecule has 0 saturated heterocycles. The monoisotopic (exact) mass is 444 g/mol. The van der Waals surface area contributed by atoms with Crippen molar-refractivity contribution < 1.29 is 21.9 Å². The number of nitrogens with zero attached hydrogens (tertiary/aromatic N) is 1. The molecule has 160 valence electrons. The van der Waals surface area contributed by atoms with E-state index in [-0.39, 0.29) is 22.0 Å². The first-order valence-corrected chi connectivity index (χ1v) is 11.1. The molecule has 2 aromatic carbocycles. The predicted octanol–water partition coefficient (Wildman–Crippen LogP) is 4.32. The number of benzene rings is 2. The first-order chi connectivity index (χ1) is 14.6. The molecule has 0 saturated carbocycles. The molecule has 2 aromatic heterocycles. The van der Waals surface area contributed by atoms with Crippen molar-refractivity contribution in [3.05, 3.63) is 76.3 Å². The number of aryl methyl sites for hydroxylation is 2. The van der Waals surface area contributed by atoms with Crippen molar-refractivity contribution in [3.8, 4) is 22.6 Å². The van der Waals surface area contributed by atoms with E-state index in [1.807, 2.05) is 6.92 Å². The Morgan fingerprint density at radius 1 is 1.03 bits per heavy atom. The molecule has 0 bridgehead atoms. The minimum atomic E-state index is -3.56. The lowest BCUT2D eigenvalue weighted by Crippen LogP contribution is -2.08. The van der Waals surface area contributed by atoms with E-state index in [1.165, 1.54) is 18.2 Å². The van der Waals surface area contributed by atoms with E-state index in [4.69, 9.17) is 4.74 Å². The minimum absolute atomic E-state index is 0.0360. The van der Waals surface area contributed by atoms with Crippen LogP contribution in [0.25, 0.3) is 22.0 Å². The fourth-order valence-electron chi connectivity index (χ4n) is 3.53. The van der Waals surface area contributed by atoms with Crippen LogP contribution in [0.3, 0.4) is 0 Å². The molecule has 0 fully saturated rings. The molecule has 9 heteroatoms. The van der Waals surface area contributed by atoms with Crippen molar-refractivity contribution in [1.29, 1.82) is 0 Å². The molecule has 1 N–H and O–H groups in total. The Morgan fingerprint density at radius 2 is 1.74 bits per heavy atom. The lowest BCUT2D eigenvalue weighted by atomic mass is 10.0. The molecule has 0 radical (unpaired) electrons. The number of aromatic amines is 1. The number of halogens is 2. The average molecular weight is 444 g/mol. The first kappa shape index (κ1) is 20.8. The summed E-state index contributed by atoms with van der Waals surface area (Å²) < 4.78 is 59.2. The second-order valence-corrected chi connectivity index (χ2v) is 9.30. The van der Waals surface area contributed by atoms with Gasteiger partial charge in [-0.3, -0.25) is 4.79 Å². The van der Waals surface area contributed by atoms with Crippen LogP contribution >= 0.6 is 0 Å². The van der Waals surface area contributed by atoms with Gasteiger partial charge in [0, 0.05) is 48.3 Å². The second kappa shape index (κ2) is 7.35. The van der Waals surface area contributed by atoms with Crippen molar-refractivity contribution in [3.63, 3.8) is 0 Å². The summed E-state index contributed by atoms with van der Waals surface area (Å²) in [6.07, 6.45) is 4.32. The Hall–Kier alpha value is -3.46. The van der Waals surface area contributed by atoms with Gasteiger partial charge in [-0.1, -0.05) is 0 Å². The highest BCUT2D eigenvalue weighted by atomic mass is 32.2. The number of hydrogen-bond acceptors (Lipinski definition) is 4. The van der Waals surface area contributed by atoms with Gasteiger partial charge in [-0.05, 0) is 42.8 Å². The molecule has 0 aliphatic rings. The molecular weight excluding hydrogens is 426 g/mol. The summed E-state index contributed by atoms with van der Waals surface area (Å²) in [6, 6.07) is 7.09. The minimum Gasteiger partial charge on any atom is -0.454 e. The molecule has 0 amide bonds. The average Bonchev–Trinajstić information content (AvgIpc) is 3.05. The number of pyridine rings is 1. The Balaban J connectivity index is 2.01. The van der Waals surface area contributed by atoms with E-state index < -0.39 is 21.5 Å². The molecule has 0 aliphatic heterocycles. The third-order valence-electron chi connectivity index (χ3n) is 4.99. The maximum absolute atomic E-state index is 14.2. The van der Waals surface area contributed by atoms with Gasteiger partial charge in [-0.2, -0.15) is 0 Å². The zero-order valence-corrected chi connectivity index (χ0v) is 17.7. The predicted molar refractivity (Wildman–Crippen MR) is 113 cm³/mol. The standard InChI is InChI=1S/C22H18F2N2O4S/c1-12-10-25-22(27)21-20(12)16(11-26(21)2)15-9-14(31(3,28)29)5-7-18(15)30-19-6-4-13(23)8-17(19)24/h4-11H,1-3H3,(H,25,27). The van der Waals surface area contributed by atoms with Crippen LogP contribution in [0.1, 0.15) is 5.56 Å². The lowest BCUT2D eigenvalue weighted by Gasteiger charge is -2.13. The van der Waals surface area contributed by atoms with Gasteiger partial charge in [0.2, 0.25) is 0 Å². The molecule has 0 unspecified atom stereocenters. The van der Waals surface area contributed by atoms with Crippen LogP contribution in [0.4, 0.5) is 8.78 Å². The Kier molecular flexibility index (Phi) is 4.93. The summed E-state index contributed by atoms with van der Waals surface area (Å²) in [7, 11) is -1.86. The quantitative estimate of drug-likeness (QED) is 0.509. The summed E-state index contributed by atoms with van der Waals surface area (Å²) in [4.78, 5) is 15.1. The van der Waals surface area contributed by atoms with Gasteiger partial charge in [0.1, 0.15) is 17.1 Å². The van der Waals surface area contributed by atoms with E-state index in [9.17, 15) is 22.0 Å². The van der Waals surface area contributed by atoms with E-state index in [1.54, 1.807) is 24.0 Å². The van der Waals surface area contributed by atoms with Crippen LogP contribution in [-0.4, -0.2) is 24.2 Å². The third-order valence-corrected chi connectivity index (χ3v) is 6.10. The Morgan fingerprint density at radius 3 is 2.42 bits per heavy atom. The van der Waals surface area contributed by atoms with Gasteiger partial charge in [0.25, 0.3) is 5.56 Å². The number of H-pyrrole nitrogens is 1. The van der Waals surface area contributed by atoms with Crippen molar-refractivity contribution in [2.45, 2.75) is 11.8 Å². The highest BCUT2D eigenvalue weighted by Crippen LogP contribution is 2.40. The number of fused-ring (bicyclic) bond motifs is 1. The zero-order valence-electron chi connectivity index (χ0n) is 16.9. The van der Waals surface area contributed by atoms with Gasteiger partial charge in [0.05, 0.1) is 4.90 Å². The van der Waals surface area contributed by atoms with Crippen LogP contribution in [0.15, 0.2) is 58.5 Å². The number of nitrogens with one attached hydrogen (secondary N) is 1. The van der Waals surface area contributed by atoms with Crippen LogP contribution in [0.5, 0.6) is 11.5 Å². The number of rotatable bonds is 4. The molecule has 4 rings (SSSR count). The summed E-state index contributed by atoms with van der Waals surface area (Å²) in [5, 5.41) is 0.612. The van der Waals surface area contributed by atoms with Gasteiger partial charge in [-0.25, -0.2) is 17.2 Å². The fourth-order valence-corrected chi connectivity index (χ4v) is 4.18. The van der Waals surface area contributed by atoms with Crippen LogP contribution < -0.4 is 10.3 Å². The van der Waals surface area contributed by atoms with Gasteiger partial charge < -0.3 is 14.3 Å². The molecule has 6 nitrogen and oxygen atoms in total. The molecule has 0 aliphatic carbocycles. The van der Waals surface area contributed by atoms with E-state index >= 15 is 0 Å². The number of aromatic nitrogens is 2. The SMILES string of the molecule is Cc1c[nH]c(=O)c2c1c(-c1cc(S(C)(=O)=O)ccc1Oc1ccc(F)cc1F)cn2C. The highest BCUT2D eigenvalue weighted by Gasteiger charge is 2.20. The number of sulfone groups is 1. The van der Waals surface area contributed by atoms with Crippen LogP contribution in [-0.2, 0) is 16.9 Å². The van der Waals surface area contributed by atoms with Gasteiger partial charge >= 0.3 is 0 Å². The summed E-state index contributed by atoms with van der Waals surface area (Å²) in [5.74, 6) is -1.71. The largest absolute Gasteiger partial charge is 0.454 e. The molecule has 4 aromatic rings. The van der Waals surface area contributed by atoms with Crippen molar-refractivity contribution in [2.24, 2.45) is 7.05 Å². The number of hydrogen-bond donors (Lipinski definition) is 1. The molecule has 31 heavy (non-hydrogen) atoms. The number of ether oxygens (including phenoxy) is 1. The molecule has 0 spiro atoms. The highest BCUT2D eigenvalue weighted by molar-refractivity contribution is 7.90. The Labute approximate surface area is 176 Å². The van der Waals surface area contributed by atoms with Crippen LogP contribution in [0, 0.1) is 18.6 Å². The van der Waals surface area contributed by atoms with Gasteiger partial charge in [0.15, 0.2) is 21.4 Å². The summed E-state index contributed by atoms with van der Waals surface area (Å²) in [6.45, 7) is 1.81. The molecule has 2 heterocycles. The smallest absolute Gasteiger partial charge is 0.272 e. The van der Waals surface area contributed by atoms with Crippen LogP contribution in [0.2, 0.25) is 0 Å². The van der Waals surface area contributed by atoms with E-state index in [0.29, 0.717) is 28.1 Å². The first-order valence-electron chi connectivity index (χ1n) is 9.21. The normalized spacial score (nSPS) is 11.8. The maximum Gasteiger partial charge on any atom is 0.272 e. The van der Waals surface area contributed by atoms with E-state index in [0.717, 1.165) is 24.0 Å². The Bertz CT molecular complexity index is 1500. The van der Waals surface area contributed by atoms with E-state index in [2.05, 4.69) is 4.98 Å². The lowest BCUT2D eigenvalue weighted by molar-refractivity contribution is 0.438. The van der Waals surface area contributed by atoms with Crippen molar-refractivity contribution in [2.75, 3.05) is 6.26 Å². The second-order valence-electron chi connectivity index (χ2n) is 7.29. The molecular formula is C22H18F2N2O4S. The maximum atomic E-state index is 14.2. The zero-order chi connectivity index (χ0) is 22.5. The van der Waals surface area contributed by atoms with Crippen molar-refractivity contribution in [1.82, 2.24) is 9.55 Å². The summed E-state index contributed by atoms with van der Waals surface area (Å²) in [5.41, 5.74) is 1.75. The third kappa shape index (κ3) is 3.72.